The van der Waals surface area contributed by atoms with Crippen molar-refractivity contribution in [1.29, 1.82) is 0 Å². The van der Waals surface area contributed by atoms with Gasteiger partial charge in [0.05, 0.1) is 0 Å². The smallest absolute Gasteiger partial charge is 0.202 e. The van der Waals surface area contributed by atoms with Crippen LogP contribution in [0.15, 0.2) is 42.5 Å². The highest BCUT2D eigenvalue weighted by atomic mass is 35.5. The van der Waals surface area contributed by atoms with Gasteiger partial charge in [0.1, 0.15) is 5.82 Å². The van der Waals surface area contributed by atoms with E-state index in [4.69, 9.17) is 34.8 Å². The van der Waals surface area contributed by atoms with Crippen LogP contribution >= 0.6 is 46.3 Å². The van der Waals surface area contributed by atoms with Crippen molar-refractivity contribution in [3.8, 4) is 0 Å². The molecule has 2 saturated carbocycles. The van der Waals surface area contributed by atoms with Crippen LogP contribution in [0.2, 0.25) is 15.1 Å². The van der Waals surface area contributed by atoms with Crippen molar-refractivity contribution in [2.75, 3.05) is 5.32 Å². The lowest BCUT2D eigenvalue weighted by Gasteiger charge is -2.58. The molecular formula is C23H23Cl3N4S. The maximum absolute atomic E-state index is 6.26. The van der Waals surface area contributed by atoms with Gasteiger partial charge in [-0.25, -0.2) is 4.98 Å². The van der Waals surface area contributed by atoms with Gasteiger partial charge in [-0.1, -0.05) is 46.9 Å². The second kappa shape index (κ2) is 8.87. The molecule has 2 aromatic carbocycles. The van der Waals surface area contributed by atoms with Crippen LogP contribution in [0.3, 0.4) is 0 Å². The zero-order valence-corrected chi connectivity index (χ0v) is 20.0. The molecule has 0 unspecified atom stereocenters. The molecule has 0 bridgehead atoms. The van der Waals surface area contributed by atoms with Crippen molar-refractivity contribution in [3.63, 3.8) is 0 Å². The van der Waals surface area contributed by atoms with Gasteiger partial charge in [-0.05, 0) is 72.6 Å². The zero-order chi connectivity index (χ0) is 21.4. The van der Waals surface area contributed by atoms with Gasteiger partial charge in [-0.15, -0.1) is 0 Å². The number of benzene rings is 2. The van der Waals surface area contributed by atoms with Crippen LogP contribution in [0.4, 0.5) is 5.13 Å². The quantitative estimate of drug-likeness (QED) is 0.389. The number of nitrogens with zero attached hydrogens (tertiary/aromatic N) is 2. The minimum atomic E-state index is 0.490. The van der Waals surface area contributed by atoms with E-state index in [-0.39, 0.29) is 0 Å². The normalized spacial score (nSPS) is 24.6. The average Bonchev–Trinajstić information content (AvgIpc) is 3.13. The van der Waals surface area contributed by atoms with E-state index in [1.807, 2.05) is 42.5 Å². The molecule has 31 heavy (non-hydrogen) atoms. The third-order valence-electron chi connectivity index (χ3n) is 6.38. The fourth-order valence-corrected chi connectivity index (χ4v) is 6.00. The Bertz CT molecular complexity index is 1050. The van der Waals surface area contributed by atoms with Crippen LogP contribution in [0.5, 0.6) is 0 Å². The molecule has 162 valence electrons. The third kappa shape index (κ3) is 5.01. The van der Waals surface area contributed by atoms with Gasteiger partial charge in [0, 0.05) is 51.6 Å². The van der Waals surface area contributed by atoms with Gasteiger partial charge in [0.2, 0.25) is 5.13 Å². The Hall–Kier alpha value is -1.37. The van der Waals surface area contributed by atoms with Crippen LogP contribution < -0.4 is 10.6 Å². The van der Waals surface area contributed by atoms with Gasteiger partial charge in [0.25, 0.3) is 0 Å². The fourth-order valence-electron chi connectivity index (χ4n) is 4.83. The summed E-state index contributed by atoms with van der Waals surface area (Å²) in [5.41, 5.74) is 2.72. The number of halogens is 3. The highest BCUT2D eigenvalue weighted by Crippen LogP contribution is 2.56. The molecule has 0 atom stereocenters. The van der Waals surface area contributed by atoms with E-state index in [2.05, 4.69) is 20.0 Å². The monoisotopic (exact) mass is 492 g/mol. The lowest BCUT2D eigenvalue weighted by molar-refractivity contribution is -0.0125. The Morgan fingerprint density at radius 3 is 2.42 bits per heavy atom. The fraction of sp³-hybridized carbons (Fsp3) is 0.391. The standard InChI is InChI=1S/C23H23Cl3N4S/c24-16-3-1-14(2-4-16)7-21-29-22(31-30-21)28-19-11-23(12-19)9-18(10-23)27-13-15-8-17(25)5-6-20(15)26/h1-6,8,18-19,27H,7,9-13H2,(H,28,29,30). The molecule has 4 nitrogen and oxygen atoms in total. The first kappa shape index (κ1) is 21.5. The number of rotatable bonds is 7. The third-order valence-corrected chi connectivity index (χ3v) is 7.92. The van der Waals surface area contributed by atoms with Crippen LogP contribution in [-0.2, 0) is 13.0 Å². The molecule has 5 rings (SSSR count). The molecule has 2 N–H and O–H groups in total. The van der Waals surface area contributed by atoms with Crippen molar-refractivity contribution in [3.05, 3.63) is 74.5 Å². The van der Waals surface area contributed by atoms with Crippen molar-refractivity contribution in [2.24, 2.45) is 5.41 Å². The Morgan fingerprint density at radius 1 is 0.935 bits per heavy atom. The minimum Gasteiger partial charge on any atom is -0.358 e. The summed E-state index contributed by atoms with van der Waals surface area (Å²) < 4.78 is 4.50. The molecule has 0 aliphatic heterocycles. The van der Waals surface area contributed by atoms with Crippen molar-refractivity contribution in [2.45, 2.75) is 50.7 Å². The lowest BCUT2D eigenvalue weighted by Crippen LogP contribution is -2.58. The van der Waals surface area contributed by atoms with Gasteiger partial charge in [-0.2, -0.15) is 4.37 Å². The Morgan fingerprint density at radius 2 is 1.65 bits per heavy atom. The van der Waals surface area contributed by atoms with Gasteiger partial charge in [0.15, 0.2) is 0 Å². The molecule has 8 heteroatoms. The van der Waals surface area contributed by atoms with E-state index in [0.717, 1.165) is 44.6 Å². The molecule has 0 amide bonds. The maximum Gasteiger partial charge on any atom is 0.202 e. The van der Waals surface area contributed by atoms with Gasteiger partial charge < -0.3 is 10.6 Å². The van der Waals surface area contributed by atoms with E-state index in [1.165, 1.54) is 42.8 Å². The van der Waals surface area contributed by atoms with Crippen LogP contribution in [0.25, 0.3) is 0 Å². The summed E-state index contributed by atoms with van der Waals surface area (Å²) in [4.78, 5) is 4.66. The van der Waals surface area contributed by atoms with Crippen molar-refractivity contribution in [1.82, 2.24) is 14.7 Å². The highest BCUT2D eigenvalue weighted by molar-refractivity contribution is 7.09. The first-order chi connectivity index (χ1) is 15.0. The Balaban J connectivity index is 1.05. The second-order valence-corrected chi connectivity index (χ2v) is 10.8. The molecule has 1 aromatic heterocycles. The summed E-state index contributed by atoms with van der Waals surface area (Å²) in [5, 5.41) is 10.4. The summed E-state index contributed by atoms with van der Waals surface area (Å²) in [6, 6.07) is 14.5. The summed E-state index contributed by atoms with van der Waals surface area (Å²) >= 11 is 19.7. The van der Waals surface area contributed by atoms with E-state index in [9.17, 15) is 0 Å². The molecule has 2 fully saturated rings. The molecule has 3 aromatic rings. The first-order valence-corrected chi connectivity index (χ1v) is 12.4. The number of hydrogen-bond acceptors (Lipinski definition) is 5. The van der Waals surface area contributed by atoms with Gasteiger partial charge >= 0.3 is 0 Å². The Labute approximate surface area is 201 Å². The summed E-state index contributed by atoms with van der Waals surface area (Å²) in [6.07, 6.45) is 5.58. The molecule has 2 aliphatic rings. The first-order valence-electron chi connectivity index (χ1n) is 10.5. The number of nitrogens with one attached hydrogen (secondary N) is 2. The van der Waals surface area contributed by atoms with E-state index in [1.54, 1.807) is 0 Å². The van der Waals surface area contributed by atoms with Gasteiger partial charge in [-0.3, -0.25) is 0 Å². The van der Waals surface area contributed by atoms with Crippen molar-refractivity contribution >= 4 is 51.5 Å². The van der Waals surface area contributed by atoms with Crippen molar-refractivity contribution < 1.29 is 0 Å². The number of anilines is 1. The molecule has 2 aliphatic carbocycles. The number of aromatic nitrogens is 2. The molecule has 0 saturated heterocycles. The largest absolute Gasteiger partial charge is 0.358 e. The number of hydrogen-bond donors (Lipinski definition) is 2. The van der Waals surface area contributed by atoms with Crippen LogP contribution in [0.1, 0.15) is 42.6 Å². The van der Waals surface area contributed by atoms with Crippen LogP contribution in [-0.4, -0.2) is 21.4 Å². The Kier molecular flexibility index (Phi) is 6.15. The molecule has 0 radical (unpaired) electrons. The lowest BCUT2D eigenvalue weighted by atomic mass is 9.52. The SMILES string of the molecule is Clc1ccc(Cc2nsc(NC3CC4(CC(NCc5cc(Cl)ccc5Cl)C4)C3)n2)cc1. The molecule has 1 spiro atoms. The van der Waals surface area contributed by atoms with E-state index >= 15 is 0 Å². The van der Waals surface area contributed by atoms with E-state index < -0.39 is 0 Å². The average molecular weight is 494 g/mol. The summed E-state index contributed by atoms with van der Waals surface area (Å²) in [6.45, 7) is 0.767. The molecule has 1 heterocycles. The predicted octanol–water partition coefficient (Wildman–Crippen LogP) is 6.60. The summed E-state index contributed by atoms with van der Waals surface area (Å²) in [5.74, 6) is 0.858. The topological polar surface area (TPSA) is 49.8 Å². The molecular weight excluding hydrogens is 471 g/mol. The second-order valence-electron chi connectivity index (χ2n) is 8.79. The predicted molar refractivity (Wildman–Crippen MR) is 130 cm³/mol. The maximum atomic E-state index is 6.26. The zero-order valence-electron chi connectivity index (χ0n) is 16.9. The van der Waals surface area contributed by atoms with E-state index in [0.29, 0.717) is 17.5 Å². The highest BCUT2D eigenvalue weighted by Gasteiger charge is 2.52. The van der Waals surface area contributed by atoms with Crippen LogP contribution in [0, 0.1) is 5.41 Å². The minimum absolute atomic E-state index is 0.490. The summed E-state index contributed by atoms with van der Waals surface area (Å²) in [7, 11) is 0.